The van der Waals surface area contributed by atoms with Crippen molar-refractivity contribution >= 4 is 27.1 Å². The van der Waals surface area contributed by atoms with Crippen LogP contribution in [0.4, 0.5) is 14.5 Å². The van der Waals surface area contributed by atoms with Crippen LogP contribution >= 0.6 is 11.3 Å². The Morgan fingerprint density at radius 1 is 1.43 bits per heavy atom. The summed E-state index contributed by atoms with van der Waals surface area (Å²) in [7, 11) is 0. The highest BCUT2D eigenvalue weighted by molar-refractivity contribution is 7.17. The van der Waals surface area contributed by atoms with Gasteiger partial charge in [0.05, 0.1) is 16.0 Å². The average Bonchev–Trinajstić information content (AvgIpc) is 2.58. The summed E-state index contributed by atoms with van der Waals surface area (Å²) in [6.45, 7) is 0. The fourth-order valence-electron chi connectivity index (χ4n) is 1.32. The smallest absolute Gasteiger partial charge is 0.267 e. The van der Waals surface area contributed by atoms with Crippen LogP contribution in [0.25, 0.3) is 10.1 Å². The highest BCUT2D eigenvalue weighted by Gasteiger charge is 2.17. The molecule has 0 radical (unpaired) electrons. The lowest BCUT2D eigenvalue weighted by molar-refractivity contribution is 0.148. The summed E-state index contributed by atoms with van der Waals surface area (Å²) in [5, 5.41) is 11.8. The number of aromatic hydroxyl groups is 1. The Hall–Kier alpha value is -1.36. The molecule has 14 heavy (non-hydrogen) atoms. The summed E-state index contributed by atoms with van der Waals surface area (Å²) in [6, 6.07) is 2.96. The maximum atomic E-state index is 12.4. The largest absolute Gasteiger partial charge is 0.505 e. The molecule has 1 heterocycles. The molecule has 0 unspecified atom stereocenters. The standard InChI is InChI=1S/C9H7F2NOS/c10-9(11)5-3-4-1-2-14-8(4)6(12)7(5)13/h1-3,9,13H,12H2. The van der Waals surface area contributed by atoms with Gasteiger partial charge in [-0.15, -0.1) is 11.3 Å². The van der Waals surface area contributed by atoms with Crippen molar-refractivity contribution in [3.8, 4) is 5.75 Å². The lowest BCUT2D eigenvalue weighted by Crippen LogP contribution is -1.92. The number of hydrogen-bond acceptors (Lipinski definition) is 3. The first-order chi connectivity index (χ1) is 6.61. The number of thiophene rings is 1. The van der Waals surface area contributed by atoms with Crippen LogP contribution in [0.3, 0.4) is 0 Å². The van der Waals surface area contributed by atoms with Gasteiger partial charge >= 0.3 is 0 Å². The van der Waals surface area contributed by atoms with Gasteiger partial charge in [-0.2, -0.15) is 0 Å². The first kappa shape index (κ1) is 9.21. The zero-order chi connectivity index (χ0) is 10.3. The topological polar surface area (TPSA) is 46.2 Å². The van der Waals surface area contributed by atoms with E-state index in [0.29, 0.717) is 10.1 Å². The van der Waals surface area contributed by atoms with E-state index >= 15 is 0 Å². The third kappa shape index (κ3) is 1.21. The molecule has 0 aliphatic heterocycles. The fraction of sp³-hybridized carbons (Fsp3) is 0.111. The molecule has 0 fully saturated rings. The number of alkyl halides is 2. The molecule has 2 aromatic rings. The van der Waals surface area contributed by atoms with Crippen molar-refractivity contribution in [2.24, 2.45) is 0 Å². The van der Waals surface area contributed by atoms with Crippen LogP contribution in [0.15, 0.2) is 17.5 Å². The van der Waals surface area contributed by atoms with Crippen molar-refractivity contribution in [1.82, 2.24) is 0 Å². The van der Waals surface area contributed by atoms with Gasteiger partial charge in [0.1, 0.15) is 5.75 Å². The van der Waals surface area contributed by atoms with Crippen LogP contribution < -0.4 is 5.73 Å². The zero-order valence-corrected chi connectivity index (χ0v) is 7.81. The molecule has 1 aromatic carbocycles. The Bertz CT molecular complexity index is 481. The van der Waals surface area contributed by atoms with Gasteiger partial charge in [0.15, 0.2) is 0 Å². The van der Waals surface area contributed by atoms with E-state index in [2.05, 4.69) is 0 Å². The number of nitrogens with two attached hydrogens (primary N) is 1. The van der Waals surface area contributed by atoms with E-state index in [-0.39, 0.29) is 5.69 Å². The Labute approximate surface area is 82.6 Å². The highest BCUT2D eigenvalue weighted by Crippen LogP contribution is 2.40. The van der Waals surface area contributed by atoms with E-state index in [0.717, 1.165) is 0 Å². The lowest BCUT2D eigenvalue weighted by atomic mass is 10.1. The molecule has 3 N–H and O–H groups in total. The summed E-state index contributed by atoms with van der Waals surface area (Å²) in [5.74, 6) is -0.505. The molecular formula is C9H7F2NOS. The second-order valence-corrected chi connectivity index (χ2v) is 3.78. The molecule has 5 heteroatoms. The quantitative estimate of drug-likeness (QED) is 0.567. The number of nitrogen functional groups attached to an aromatic ring is 1. The van der Waals surface area contributed by atoms with Crippen LogP contribution in [0, 0.1) is 0 Å². The molecule has 0 bridgehead atoms. The maximum absolute atomic E-state index is 12.4. The second-order valence-electron chi connectivity index (χ2n) is 2.87. The van der Waals surface area contributed by atoms with Crippen molar-refractivity contribution in [1.29, 1.82) is 0 Å². The Morgan fingerprint density at radius 2 is 2.14 bits per heavy atom. The summed E-state index contributed by atoms with van der Waals surface area (Å²) >= 11 is 1.32. The van der Waals surface area contributed by atoms with Gasteiger partial charge in [-0.25, -0.2) is 8.78 Å². The van der Waals surface area contributed by atoms with E-state index in [9.17, 15) is 13.9 Å². The fourth-order valence-corrected chi connectivity index (χ4v) is 2.15. The van der Waals surface area contributed by atoms with Gasteiger partial charge in [-0.05, 0) is 22.9 Å². The zero-order valence-electron chi connectivity index (χ0n) is 7.00. The molecular weight excluding hydrogens is 208 g/mol. The van der Waals surface area contributed by atoms with Gasteiger partial charge < -0.3 is 10.8 Å². The summed E-state index contributed by atoms with van der Waals surface area (Å²) in [4.78, 5) is 0. The number of phenols is 1. The molecule has 0 saturated heterocycles. The monoisotopic (exact) mass is 215 g/mol. The van der Waals surface area contributed by atoms with Crippen molar-refractivity contribution in [3.05, 3.63) is 23.1 Å². The normalized spacial score (nSPS) is 11.4. The molecule has 0 aliphatic carbocycles. The number of fused-ring (bicyclic) bond motifs is 1. The van der Waals surface area contributed by atoms with Crippen LogP contribution in [0.5, 0.6) is 5.75 Å². The van der Waals surface area contributed by atoms with Crippen LogP contribution in [-0.2, 0) is 0 Å². The van der Waals surface area contributed by atoms with Crippen molar-refractivity contribution < 1.29 is 13.9 Å². The second kappa shape index (κ2) is 3.09. The number of rotatable bonds is 1. The van der Waals surface area contributed by atoms with E-state index in [1.165, 1.54) is 17.4 Å². The molecule has 0 spiro atoms. The van der Waals surface area contributed by atoms with Crippen LogP contribution in [0.2, 0.25) is 0 Å². The van der Waals surface area contributed by atoms with E-state index in [4.69, 9.17) is 5.73 Å². The maximum Gasteiger partial charge on any atom is 0.267 e. The minimum Gasteiger partial charge on any atom is -0.505 e. The molecule has 1 aromatic heterocycles. The van der Waals surface area contributed by atoms with Crippen molar-refractivity contribution in [2.45, 2.75) is 6.43 Å². The average molecular weight is 215 g/mol. The number of hydrogen-bond donors (Lipinski definition) is 2. The Kier molecular flexibility index (Phi) is 2.03. The van der Waals surface area contributed by atoms with Crippen LogP contribution in [-0.4, -0.2) is 5.11 Å². The predicted octanol–water partition coefficient (Wildman–Crippen LogP) is 3.13. The minimum absolute atomic E-state index is 0.0350. The van der Waals surface area contributed by atoms with E-state index in [1.807, 2.05) is 0 Å². The van der Waals surface area contributed by atoms with E-state index in [1.54, 1.807) is 11.4 Å². The molecule has 2 rings (SSSR count). The Morgan fingerprint density at radius 3 is 2.79 bits per heavy atom. The molecule has 74 valence electrons. The van der Waals surface area contributed by atoms with Gasteiger partial charge in [0.2, 0.25) is 0 Å². The summed E-state index contributed by atoms with van der Waals surface area (Å²) < 4.78 is 25.5. The lowest BCUT2D eigenvalue weighted by Gasteiger charge is -2.06. The van der Waals surface area contributed by atoms with Crippen molar-refractivity contribution in [2.75, 3.05) is 5.73 Å². The first-order valence-electron chi connectivity index (χ1n) is 3.88. The van der Waals surface area contributed by atoms with Gasteiger partial charge in [-0.1, -0.05) is 0 Å². The van der Waals surface area contributed by atoms with Gasteiger partial charge in [0.25, 0.3) is 6.43 Å². The minimum atomic E-state index is -2.71. The molecule has 0 aliphatic rings. The van der Waals surface area contributed by atoms with Gasteiger partial charge in [-0.3, -0.25) is 0 Å². The SMILES string of the molecule is Nc1c(O)c(C(F)F)cc2ccsc12. The third-order valence-corrected chi connectivity index (χ3v) is 2.98. The molecule has 0 atom stereocenters. The number of halogens is 2. The first-order valence-corrected chi connectivity index (χ1v) is 4.76. The predicted molar refractivity (Wildman–Crippen MR) is 52.9 cm³/mol. The highest BCUT2D eigenvalue weighted by atomic mass is 32.1. The molecule has 2 nitrogen and oxygen atoms in total. The Balaban J connectivity index is 2.80. The third-order valence-electron chi connectivity index (χ3n) is 2.01. The van der Waals surface area contributed by atoms with Crippen molar-refractivity contribution in [3.63, 3.8) is 0 Å². The molecule has 0 amide bonds. The molecule has 0 saturated carbocycles. The number of anilines is 1. The number of benzene rings is 1. The van der Waals surface area contributed by atoms with Crippen LogP contribution in [0.1, 0.15) is 12.0 Å². The van der Waals surface area contributed by atoms with E-state index < -0.39 is 17.7 Å². The van der Waals surface area contributed by atoms with Gasteiger partial charge in [0, 0.05) is 0 Å². The number of phenolic OH excluding ortho intramolecular Hbond substituents is 1. The summed E-state index contributed by atoms with van der Waals surface area (Å²) in [5.41, 5.74) is 5.15. The summed E-state index contributed by atoms with van der Waals surface area (Å²) in [6.07, 6.45) is -2.71.